The SMILES string of the molecule is COc1cc(OC)c(OC)cc1C[NH+]1CCN(c2ccc(F)cc2)CC1. The Balaban J connectivity index is 1.66. The van der Waals surface area contributed by atoms with Crippen LogP contribution in [0.4, 0.5) is 10.1 Å². The molecule has 1 heterocycles. The molecule has 2 aromatic rings. The third-order valence-corrected chi connectivity index (χ3v) is 4.89. The van der Waals surface area contributed by atoms with E-state index in [4.69, 9.17) is 14.2 Å². The number of anilines is 1. The van der Waals surface area contributed by atoms with Crippen molar-refractivity contribution < 1.29 is 23.5 Å². The van der Waals surface area contributed by atoms with Crippen molar-refractivity contribution in [1.29, 1.82) is 0 Å². The molecular formula is C20H26FN2O3+. The molecule has 0 aromatic heterocycles. The Labute approximate surface area is 153 Å². The zero-order chi connectivity index (χ0) is 18.5. The van der Waals surface area contributed by atoms with Crippen molar-refractivity contribution in [2.45, 2.75) is 6.54 Å². The predicted molar refractivity (Wildman–Crippen MR) is 99.1 cm³/mol. The highest BCUT2D eigenvalue weighted by atomic mass is 19.1. The second-order valence-corrected chi connectivity index (χ2v) is 6.41. The molecular weight excluding hydrogens is 335 g/mol. The average molecular weight is 361 g/mol. The van der Waals surface area contributed by atoms with Gasteiger partial charge in [0.1, 0.15) is 18.1 Å². The van der Waals surface area contributed by atoms with Gasteiger partial charge in [-0.2, -0.15) is 0 Å². The number of rotatable bonds is 6. The highest BCUT2D eigenvalue weighted by Crippen LogP contribution is 2.34. The smallest absolute Gasteiger partial charge is 0.164 e. The Morgan fingerprint density at radius 2 is 1.46 bits per heavy atom. The van der Waals surface area contributed by atoms with Crippen molar-refractivity contribution in [3.05, 3.63) is 47.8 Å². The molecule has 140 valence electrons. The number of methoxy groups -OCH3 is 3. The minimum Gasteiger partial charge on any atom is -0.496 e. The highest BCUT2D eigenvalue weighted by Gasteiger charge is 2.22. The number of nitrogens with zero attached hydrogens (tertiary/aromatic N) is 1. The van der Waals surface area contributed by atoms with E-state index in [1.165, 1.54) is 17.0 Å². The summed E-state index contributed by atoms with van der Waals surface area (Å²) in [5.41, 5.74) is 2.18. The number of benzene rings is 2. The molecule has 0 atom stereocenters. The Morgan fingerprint density at radius 1 is 0.885 bits per heavy atom. The van der Waals surface area contributed by atoms with Gasteiger partial charge in [0, 0.05) is 11.8 Å². The van der Waals surface area contributed by atoms with Crippen LogP contribution in [0.3, 0.4) is 0 Å². The summed E-state index contributed by atoms with van der Waals surface area (Å²) < 4.78 is 29.4. The van der Waals surface area contributed by atoms with Gasteiger partial charge in [-0.3, -0.25) is 0 Å². The number of piperazine rings is 1. The first kappa shape index (κ1) is 18.3. The van der Waals surface area contributed by atoms with Gasteiger partial charge in [0.15, 0.2) is 11.5 Å². The molecule has 1 aliphatic rings. The summed E-state index contributed by atoms with van der Waals surface area (Å²) in [5.74, 6) is 2.01. The number of hydrogen-bond donors (Lipinski definition) is 1. The van der Waals surface area contributed by atoms with Gasteiger partial charge in [0.05, 0.1) is 53.1 Å². The van der Waals surface area contributed by atoms with Crippen molar-refractivity contribution in [3.8, 4) is 17.2 Å². The third-order valence-electron chi connectivity index (χ3n) is 4.89. The summed E-state index contributed by atoms with van der Waals surface area (Å²) in [4.78, 5) is 3.78. The van der Waals surface area contributed by atoms with E-state index >= 15 is 0 Å². The minimum atomic E-state index is -0.196. The maximum atomic E-state index is 13.1. The van der Waals surface area contributed by atoms with Crippen LogP contribution in [0.5, 0.6) is 17.2 Å². The molecule has 0 unspecified atom stereocenters. The number of quaternary nitrogens is 1. The molecule has 1 aliphatic heterocycles. The summed E-state index contributed by atoms with van der Waals surface area (Å²) in [7, 11) is 4.94. The second-order valence-electron chi connectivity index (χ2n) is 6.41. The molecule has 3 rings (SSSR count). The largest absolute Gasteiger partial charge is 0.496 e. The maximum absolute atomic E-state index is 13.1. The van der Waals surface area contributed by atoms with Crippen LogP contribution in [0.15, 0.2) is 36.4 Å². The van der Waals surface area contributed by atoms with Gasteiger partial charge in [-0.15, -0.1) is 0 Å². The van der Waals surface area contributed by atoms with E-state index in [1.54, 1.807) is 21.3 Å². The molecule has 0 aliphatic carbocycles. The van der Waals surface area contributed by atoms with Crippen LogP contribution in [0, 0.1) is 5.82 Å². The van der Waals surface area contributed by atoms with E-state index in [-0.39, 0.29) is 5.82 Å². The lowest BCUT2D eigenvalue weighted by molar-refractivity contribution is -0.914. The molecule has 26 heavy (non-hydrogen) atoms. The van der Waals surface area contributed by atoms with E-state index in [0.717, 1.165) is 49.7 Å². The number of ether oxygens (including phenoxy) is 3. The van der Waals surface area contributed by atoms with Crippen molar-refractivity contribution in [2.75, 3.05) is 52.4 Å². The summed E-state index contributed by atoms with van der Waals surface area (Å²) in [5, 5.41) is 0. The molecule has 1 N–H and O–H groups in total. The van der Waals surface area contributed by atoms with Crippen LogP contribution in [-0.2, 0) is 6.54 Å². The van der Waals surface area contributed by atoms with Gasteiger partial charge in [0.2, 0.25) is 0 Å². The molecule has 1 fully saturated rings. The number of hydrogen-bond acceptors (Lipinski definition) is 4. The fourth-order valence-corrected chi connectivity index (χ4v) is 3.41. The number of nitrogens with one attached hydrogen (secondary N) is 1. The molecule has 6 heteroatoms. The quantitative estimate of drug-likeness (QED) is 0.851. The van der Waals surface area contributed by atoms with E-state index in [0.29, 0.717) is 11.5 Å². The normalized spacial score (nSPS) is 15.0. The van der Waals surface area contributed by atoms with Gasteiger partial charge in [-0.05, 0) is 30.3 Å². The van der Waals surface area contributed by atoms with Crippen molar-refractivity contribution in [2.24, 2.45) is 0 Å². The van der Waals surface area contributed by atoms with E-state index in [2.05, 4.69) is 4.90 Å². The van der Waals surface area contributed by atoms with E-state index in [1.807, 2.05) is 24.3 Å². The molecule has 0 amide bonds. The van der Waals surface area contributed by atoms with Gasteiger partial charge in [-0.25, -0.2) is 4.39 Å². The monoisotopic (exact) mass is 361 g/mol. The predicted octanol–water partition coefficient (Wildman–Crippen LogP) is 1.76. The second kappa shape index (κ2) is 8.27. The van der Waals surface area contributed by atoms with Crippen LogP contribution in [-0.4, -0.2) is 47.5 Å². The minimum absolute atomic E-state index is 0.196. The standard InChI is InChI=1S/C20H25FN2O3/c1-24-18-13-20(26-3)19(25-2)12-15(18)14-22-8-10-23(11-9-22)17-6-4-16(21)5-7-17/h4-7,12-13H,8-11,14H2,1-3H3/p+1. The van der Waals surface area contributed by atoms with Crippen molar-refractivity contribution in [1.82, 2.24) is 0 Å². The molecule has 1 saturated heterocycles. The highest BCUT2D eigenvalue weighted by molar-refractivity contribution is 5.50. The fraction of sp³-hybridized carbons (Fsp3) is 0.400. The first-order chi connectivity index (χ1) is 12.6. The maximum Gasteiger partial charge on any atom is 0.164 e. The molecule has 0 spiro atoms. The Kier molecular flexibility index (Phi) is 5.83. The van der Waals surface area contributed by atoms with Crippen LogP contribution in [0.25, 0.3) is 0 Å². The zero-order valence-corrected chi connectivity index (χ0v) is 15.5. The summed E-state index contributed by atoms with van der Waals surface area (Å²) in [6.45, 7) is 4.76. The van der Waals surface area contributed by atoms with Crippen molar-refractivity contribution in [3.63, 3.8) is 0 Å². The Morgan fingerprint density at radius 3 is 2.04 bits per heavy atom. The van der Waals surface area contributed by atoms with Crippen molar-refractivity contribution >= 4 is 5.69 Å². The van der Waals surface area contributed by atoms with Gasteiger partial charge < -0.3 is 24.0 Å². The van der Waals surface area contributed by atoms with Crippen LogP contribution in [0.2, 0.25) is 0 Å². The van der Waals surface area contributed by atoms with Crippen LogP contribution >= 0.6 is 0 Å². The lowest BCUT2D eigenvalue weighted by Crippen LogP contribution is -3.13. The Bertz CT molecular complexity index is 729. The van der Waals surface area contributed by atoms with E-state index < -0.39 is 0 Å². The Hall–Kier alpha value is -2.47. The van der Waals surface area contributed by atoms with Gasteiger partial charge >= 0.3 is 0 Å². The first-order valence-corrected chi connectivity index (χ1v) is 8.77. The molecule has 5 nitrogen and oxygen atoms in total. The summed E-state index contributed by atoms with van der Waals surface area (Å²) in [6, 6.07) is 10.6. The molecule has 0 saturated carbocycles. The fourth-order valence-electron chi connectivity index (χ4n) is 3.41. The lowest BCUT2D eigenvalue weighted by atomic mass is 10.1. The third kappa shape index (κ3) is 4.02. The zero-order valence-electron chi connectivity index (χ0n) is 15.5. The molecule has 0 radical (unpaired) electrons. The average Bonchev–Trinajstić information content (AvgIpc) is 2.69. The van der Waals surface area contributed by atoms with Gasteiger partial charge in [-0.1, -0.05) is 0 Å². The molecule has 0 bridgehead atoms. The topological polar surface area (TPSA) is 35.4 Å². The summed E-state index contributed by atoms with van der Waals surface area (Å²) in [6.07, 6.45) is 0. The lowest BCUT2D eigenvalue weighted by Gasteiger charge is -2.34. The van der Waals surface area contributed by atoms with E-state index in [9.17, 15) is 4.39 Å². The number of halogens is 1. The molecule has 2 aromatic carbocycles. The summed E-state index contributed by atoms with van der Waals surface area (Å²) >= 11 is 0. The van der Waals surface area contributed by atoms with Crippen LogP contribution in [0.1, 0.15) is 5.56 Å². The van der Waals surface area contributed by atoms with Gasteiger partial charge in [0.25, 0.3) is 0 Å². The first-order valence-electron chi connectivity index (χ1n) is 8.77. The van der Waals surface area contributed by atoms with Crippen LogP contribution < -0.4 is 24.0 Å².